The molecule has 1 amide bonds. The average molecular weight is 506 g/mol. The number of nitrogens with one attached hydrogen (secondary N) is 2. The molecular weight excluding hydrogens is 458 g/mol. The van der Waals surface area contributed by atoms with Gasteiger partial charge in [0.15, 0.2) is 0 Å². The lowest BCUT2D eigenvalue weighted by atomic mass is 9.78. The number of hydrogen-bond donors (Lipinski definition) is 2. The van der Waals surface area contributed by atoms with E-state index >= 15 is 0 Å². The first kappa shape index (κ1) is 28.5. The summed E-state index contributed by atoms with van der Waals surface area (Å²) in [6, 6.07) is 0.101. The molecule has 3 heterocycles. The number of guanidine groups is 1. The second-order valence-corrected chi connectivity index (χ2v) is 13.4. The van der Waals surface area contributed by atoms with E-state index < -0.39 is 11.8 Å². The third-order valence-corrected chi connectivity index (χ3v) is 7.73. The average Bonchev–Trinajstić information content (AvgIpc) is 2.72. The summed E-state index contributed by atoms with van der Waals surface area (Å²) >= 11 is 0. The van der Waals surface area contributed by atoms with E-state index in [1.807, 2.05) is 23.9 Å². The van der Waals surface area contributed by atoms with Crippen molar-refractivity contribution in [3.8, 4) is 0 Å². The van der Waals surface area contributed by atoms with Gasteiger partial charge >= 0.3 is 11.8 Å². The van der Waals surface area contributed by atoms with Crippen molar-refractivity contribution in [3.05, 3.63) is 0 Å². The van der Waals surface area contributed by atoms with Crippen LogP contribution in [0.2, 0.25) is 0 Å². The number of rotatable bonds is 5. The molecular formula is C26H47N7O3. The molecule has 2 saturated heterocycles. The van der Waals surface area contributed by atoms with E-state index in [1.54, 1.807) is 0 Å². The number of amides is 1. The Labute approximate surface area is 216 Å². The number of aliphatic imine (C=N–C) groups is 2. The van der Waals surface area contributed by atoms with Crippen molar-refractivity contribution < 1.29 is 14.3 Å². The van der Waals surface area contributed by atoms with E-state index in [0.29, 0.717) is 12.4 Å². The predicted molar refractivity (Wildman–Crippen MR) is 143 cm³/mol. The van der Waals surface area contributed by atoms with Crippen molar-refractivity contribution in [3.63, 3.8) is 0 Å². The van der Waals surface area contributed by atoms with Crippen molar-refractivity contribution in [2.24, 2.45) is 9.98 Å². The van der Waals surface area contributed by atoms with Crippen LogP contribution in [0.1, 0.15) is 81.1 Å². The first-order valence-electron chi connectivity index (χ1n) is 12.9. The Bertz CT molecular complexity index is 894. The maximum atomic E-state index is 13.5. The number of piperidine rings is 2. The minimum atomic E-state index is -1.69. The number of nitrogens with zero attached hydrogens (tertiary/aromatic N) is 5. The zero-order chi connectivity index (χ0) is 27.3. The molecule has 0 spiro atoms. The van der Waals surface area contributed by atoms with Crippen LogP contribution in [0.4, 0.5) is 0 Å². The van der Waals surface area contributed by atoms with Crippen LogP contribution in [0.15, 0.2) is 9.98 Å². The number of likely N-dealkylation sites (N-methyl/N-ethyl adjacent to an activating group) is 1. The molecule has 1 atom stereocenters. The van der Waals surface area contributed by atoms with Gasteiger partial charge in [0.25, 0.3) is 0 Å². The standard InChI is InChI=1S/C26H47N7O3/c1-22(2)12-18(13-23(3,4)29-22)31(9)21-27-16-33(17-34)26(28-21,20(35)36-11)32(10)19-14-24(5,6)30-25(7,8)15-19/h16-19,29-30H,12-15H2,1-11H3. The van der Waals surface area contributed by atoms with Gasteiger partial charge in [-0.3, -0.25) is 14.6 Å². The Hall–Kier alpha value is -2.04. The zero-order valence-corrected chi connectivity index (χ0v) is 24.1. The van der Waals surface area contributed by atoms with Crippen molar-refractivity contribution >= 4 is 24.7 Å². The summed E-state index contributed by atoms with van der Waals surface area (Å²) in [7, 11) is 5.15. The Morgan fingerprint density at radius 3 is 1.81 bits per heavy atom. The van der Waals surface area contributed by atoms with Crippen molar-refractivity contribution in [1.29, 1.82) is 0 Å². The molecule has 204 valence electrons. The van der Waals surface area contributed by atoms with Crippen molar-refractivity contribution in [2.45, 2.75) is 121 Å². The van der Waals surface area contributed by atoms with Gasteiger partial charge < -0.3 is 20.3 Å². The fraction of sp³-hybridized carbons (Fsp3) is 0.846. The molecule has 2 fully saturated rings. The molecule has 0 bridgehead atoms. The van der Waals surface area contributed by atoms with Gasteiger partial charge in [-0.25, -0.2) is 9.79 Å². The summed E-state index contributed by atoms with van der Waals surface area (Å²) < 4.78 is 5.29. The minimum Gasteiger partial charge on any atom is -0.465 e. The first-order valence-corrected chi connectivity index (χ1v) is 12.9. The zero-order valence-electron chi connectivity index (χ0n) is 24.1. The van der Waals surface area contributed by atoms with Gasteiger partial charge in [0.1, 0.15) is 6.34 Å². The molecule has 0 radical (unpaired) electrons. The molecule has 3 rings (SSSR count). The lowest BCUT2D eigenvalue weighted by Crippen LogP contribution is -2.71. The van der Waals surface area contributed by atoms with Gasteiger partial charge in [-0.1, -0.05) is 0 Å². The second-order valence-electron chi connectivity index (χ2n) is 13.4. The van der Waals surface area contributed by atoms with Crippen LogP contribution in [0, 0.1) is 0 Å². The lowest BCUT2D eigenvalue weighted by Gasteiger charge is -2.53. The Balaban J connectivity index is 2.06. The maximum absolute atomic E-state index is 13.5. The van der Waals surface area contributed by atoms with E-state index in [1.165, 1.54) is 18.3 Å². The van der Waals surface area contributed by atoms with Crippen molar-refractivity contribution in [1.82, 2.24) is 25.3 Å². The smallest absolute Gasteiger partial charge is 0.372 e. The Morgan fingerprint density at radius 1 is 0.944 bits per heavy atom. The molecule has 3 aliphatic heterocycles. The quantitative estimate of drug-likeness (QED) is 0.436. The summed E-state index contributed by atoms with van der Waals surface area (Å²) in [5, 5.41) is 7.39. The number of carbonyl (C=O) groups is 2. The summed E-state index contributed by atoms with van der Waals surface area (Å²) in [5.41, 5.74) is -0.474. The highest BCUT2D eigenvalue weighted by atomic mass is 16.5. The van der Waals surface area contributed by atoms with Gasteiger partial charge in [0, 0.05) is 41.3 Å². The number of esters is 1. The third kappa shape index (κ3) is 5.60. The number of hydrogen-bond acceptors (Lipinski definition) is 9. The first-order chi connectivity index (χ1) is 16.4. The molecule has 0 aromatic heterocycles. The molecule has 0 aliphatic carbocycles. The van der Waals surface area contributed by atoms with Crippen LogP contribution >= 0.6 is 0 Å². The van der Waals surface area contributed by atoms with E-state index in [0.717, 1.165) is 25.7 Å². The Kier molecular flexibility index (Phi) is 7.42. The normalized spacial score (nSPS) is 29.6. The highest BCUT2D eigenvalue weighted by molar-refractivity contribution is 5.99. The molecule has 0 aromatic carbocycles. The van der Waals surface area contributed by atoms with Crippen LogP contribution < -0.4 is 10.6 Å². The molecule has 36 heavy (non-hydrogen) atoms. The second kappa shape index (κ2) is 9.36. The lowest BCUT2D eigenvalue weighted by molar-refractivity contribution is -0.170. The minimum absolute atomic E-state index is 0.0450. The van der Waals surface area contributed by atoms with Gasteiger partial charge in [-0.15, -0.1) is 0 Å². The number of ether oxygens (including phenoxy) is 1. The topological polar surface area (TPSA) is 102 Å². The van der Waals surface area contributed by atoms with E-state index in [2.05, 4.69) is 71.0 Å². The molecule has 10 heteroatoms. The highest BCUT2D eigenvalue weighted by Gasteiger charge is 2.55. The summed E-state index contributed by atoms with van der Waals surface area (Å²) in [5.74, 6) is -1.89. The highest BCUT2D eigenvalue weighted by Crippen LogP contribution is 2.37. The summed E-state index contributed by atoms with van der Waals surface area (Å²) in [6.45, 7) is 17.4. The molecule has 0 saturated carbocycles. The predicted octanol–water partition coefficient (Wildman–Crippen LogP) is 2.15. The van der Waals surface area contributed by atoms with E-state index in [9.17, 15) is 9.59 Å². The fourth-order valence-electron chi connectivity index (χ4n) is 6.89. The molecule has 2 N–H and O–H groups in total. The van der Waals surface area contributed by atoms with Crippen LogP contribution in [0.3, 0.4) is 0 Å². The SMILES string of the molecule is COC(=O)C1(N(C)C2CC(C)(C)NC(C)(C)C2)N=C(N(C)C2CC(C)(C)NC(C)(C)C2)N=CN1C=O. The monoisotopic (exact) mass is 505 g/mol. The van der Waals surface area contributed by atoms with Crippen molar-refractivity contribution in [2.75, 3.05) is 21.2 Å². The molecule has 3 aliphatic rings. The Morgan fingerprint density at radius 2 is 1.39 bits per heavy atom. The third-order valence-electron chi connectivity index (χ3n) is 7.73. The van der Waals surface area contributed by atoms with Gasteiger partial charge in [0.2, 0.25) is 12.4 Å². The summed E-state index contributed by atoms with van der Waals surface area (Å²) in [6.07, 6.45) is 5.33. The number of methoxy groups -OCH3 is 1. The van der Waals surface area contributed by atoms with Crippen LogP contribution in [-0.2, 0) is 14.3 Å². The summed E-state index contributed by atoms with van der Waals surface area (Å²) in [4.78, 5) is 40.4. The van der Waals surface area contributed by atoms with Crippen LogP contribution in [0.5, 0.6) is 0 Å². The molecule has 1 unspecified atom stereocenters. The largest absolute Gasteiger partial charge is 0.465 e. The fourth-order valence-corrected chi connectivity index (χ4v) is 6.89. The van der Waals surface area contributed by atoms with E-state index in [4.69, 9.17) is 9.73 Å². The van der Waals surface area contributed by atoms with Gasteiger partial charge in [0.05, 0.1) is 7.11 Å². The van der Waals surface area contributed by atoms with Gasteiger partial charge in [-0.2, -0.15) is 4.99 Å². The van der Waals surface area contributed by atoms with Crippen LogP contribution in [-0.4, -0.2) is 101 Å². The van der Waals surface area contributed by atoms with Crippen LogP contribution in [0.25, 0.3) is 0 Å². The number of carbonyl (C=O) groups excluding carboxylic acids is 2. The van der Waals surface area contributed by atoms with Gasteiger partial charge in [-0.05, 0) is 88.1 Å². The van der Waals surface area contributed by atoms with E-state index in [-0.39, 0.29) is 34.2 Å². The maximum Gasteiger partial charge on any atom is 0.372 e. The molecule has 0 aromatic rings. The molecule has 10 nitrogen and oxygen atoms in total.